The number of nitrogens with zero attached hydrogens (tertiary/aromatic N) is 1. The Balaban J connectivity index is 1.77. The summed E-state index contributed by atoms with van der Waals surface area (Å²) < 4.78 is 27.3. The lowest BCUT2D eigenvalue weighted by atomic mass is 9.83. The van der Waals surface area contributed by atoms with E-state index in [-0.39, 0.29) is 30.3 Å². The van der Waals surface area contributed by atoms with E-state index in [2.05, 4.69) is 15.5 Å². The quantitative estimate of drug-likeness (QED) is 0.455. The maximum absolute atomic E-state index is 13.6. The zero-order valence-electron chi connectivity index (χ0n) is 21.1. The summed E-state index contributed by atoms with van der Waals surface area (Å²) in [5.41, 5.74) is 2.97. The van der Waals surface area contributed by atoms with E-state index in [9.17, 15) is 23.8 Å². The largest absolute Gasteiger partial charge is 0.390 e. The first-order valence-electron chi connectivity index (χ1n) is 12.0. The number of fused-ring (bicyclic) bond motifs is 1. The van der Waals surface area contributed by atoms with E-state index < -0.39 is 29.9 Å². The smallest absolute Gasteiger partial charge is 0.217 e. The van der Waals surface area contributed by atoms with Crippen LogP contribution in [0.5, 0.6) is 0 Å². The Morgan fingerprint density at radius 3 is 2.40 bits per heavy atom. The molecule has 2 aromatic rings. The van der Waals surface area contributed by atoms with Crippen LogP contribution in [0.2, 0.25) is 0 Å². The van der Waals surface area contributed by atoms with E-state index >= 15 is 0 Å². The summed E-state index contributed by atoms with van der Waals surface area (Å²) in [6.45, 7) is 8.29. The molecule has 6 nitrogen and oxygen atoms in total. The second-order valence-electron chi connectivity index (χ2n) is 10.6. The highest BCUT2D eigenvalue weighted by Gasteiger charge is 2.29. The fourth-order valence-electron chi connectivity index (χ4n) is 4.61. The lowest BCUT2D eigenvalue weighted by molar-refractivity contribution is -0.120. The van der Waals surface area contributed by atoms with Gasteiger partial charge < -0.3 is 25.7 Å². The number of hydrogen-bond acceptors (Lipinski definition) is 5. The van der Waals surface area contributed by atoms with Crippen LogP contribution >= 0.6 is 0 Å². The van der Waals surface area contributed by atoms with Gasteiger partial charge in [0, 0.05) is 44.9 Å². The van der Waals surface area contributed by atoms with Crippen LogP contribution in [0.25, 0.3) is 0 Å². The highest BCUT2D eigenvalue weighted by molar-refractivity contribution is 5.73. The molecule has 1 heterocycles. The van der Waals surface area contributed by atoms with Gasteiger partial charge >= 0.3 is 0 Å². The third-order valence-electron chi connectivity index (χ3n) is 6.53. The molecule has 1 aliphatic heterocycles. The molecule has 0 spiro atoms. The number of halogens is 2. The van der Waals surface area contributed by atoms with E-state index in [0.717, 1.165) is 35.8 Å². The molecule has 4 atom stereocenters. The summed E-state index contributed by atoms with van der Waals surface area (Å²) in [5.74, 6) is -1.74. The Labute approximate surface area is 206 Å². The summed E-state index contributed by atoms with van der Waals surface area (Å²) in [4.78, 5) is 13.9. The SMILES string of the molecule is CC(=O)N[C@@H](Cc1cc(F)cc(F)c1)[C@@H](O)CN[C@H]1CCN(C)c2ccc(C(O)C(C)(C)C)cc21. The molecule has 1 amide bonds. The van der Waals surface area contributed by atoms with Crippen molar-refractivity contribution in [1.29, 1.82) is 0 Å². The minimum atomic E-state index is -0.989. The molecule has 0 aliphatic carbocycles. The summed E-state index contributed by atoms with van der Waals surface area (Å²) in [6.07, 6.45) is -0.729. The molecule has 0 aromatic heterocycles. The van der Waals surface area contributed by atoms with E-state index in [0.29, 0.717) is 5.56 Å². The maximum Gasteiger partial charge on any atom is 0.217 e. The molecule has 35 heavy (non-hydrogen) atoms. The van der Waals surface area contributed by atoms with Crippen molar-refractivity contribution in [2.45, 2.75) is 64.8 Å². The molecule has 0 radical (unpaired) electrons. The molecule has 0 saturated heterocycles. The van der Waals surface area contributed by atoms with Crippen molar-refractivity contribution in [3.05, 3.63) is 64.7 Å². The third kappa shape index (κ3) is 6.99. The van der Waals surface area contributed by atoms with Gasteiger partial charge in [0.15, 0.2) is 0 Å². The molecule has 2 aromatic carbocycles. The number of aliphatic hydroxyl groups is 2. The van der Waals surface area contributed by atoms with Gasteiger partial charge in [-0.05, 0) is 59.2 Å². The van der Waals surface area contributed by atoms with Gasteiger partial charge in [0.25, 0.3) is 0 Å². The number of anilines is 1. The maximum atomic E-state index is 13.6. The second-order valence-corrected chi connectivity index (χ2v) is 10.6. The minimum Gasteiger partial charge on any atom is -0.390 e. The van der Waals surface area contributed by atoms with Crippen LogP contribution in [0, 0.1) is 17.0 Å². The second kappa shape index (κ2) is 11.0. The average molecular weight is 490 g/mol. The number of hydrogen-bond donors (Lipinski definition) is 4. The monoisotopic (exact) mass is 489 g/mol. The summed E-state index contributed by atoms with van der Waals surface area (Å²) in [7, 11) is 2.02. The molecular formula is C27H37F2N3O3. The van der Waals surface area contributed by atoms with Crippen LogP contribution in [0.1, 0.15) is 63.0 Å². The van der Waals surface area contributed by atoms with Crippen molar-refractivity contribution in [2.24, 2.45) is 5.41 Å². The number of nitrogens with one attached hydrogen (secondary N) is 2. The topological polar surface area (TPSA) is 84.8 Å². The highest BCUT2D eigenvalue weighted by atomic mass is 19.1. The number of rotatable bonds is 8. The molecule has 1 unspecified atom stereocenters. The third-order valence-corrected chi connectivity index (χ3v) is 6.53. The highest BCUT2D eigenvalue weighted by Crippen LogP contribution is 2.38. The predicted molar refractivity (Wildman–Crippen MR) is 133 cm³/mol. The van der Waals surface area contributed by atoms with Crippen LogP contribution in [0.15, 0.2) is 36.4 Å². The fourth-order valence-corrected chi connectivity index (χ4v) is 4.61. The van der Waals surface area contributed by atoms with Crippen LogP contribution in [0.4, 0.5) is 14.5 Å². The number of aliphatic hydroxyl groups excluding tert-OH is 2. The molecule has 192 valence electrons. The Morgan fingerprint density at radius 1 is 1.14 bits per heavy atom. The Hall–Kier alpha value is -2.55. The molecule has 8 heteroatoms. The van der Waals surface area contributed by atoms with Gasteiger partial charge in [-0.15, -0.1) is 0 Å². The summed E-state index contributed by atoms with van der Waals surface area (Å²) >= 11 is 0. The normalized spacial score (nSPS) is 18.5. The molecular weight excluding hydrogens is 452 g/mol. The van der Waals surface area contributed by atoms with Crippen LogP contribution in [0.3, 0.4) is 0 Å². The van der Waals surface area contributed by atoms with Gasteiger partial charge in [-0.2, -0.15) is 0 Å². The fraction of sp³-hybridized carbons (Fsp3) is 0.519. The number of benzene rings is 2. The van der Waals surface area contributed by atoms with Crippen molar-refractivity contribution in [3.63, 3.8) is 0 Å². The summed E-state index contributed by atoms with van der Waals surface area (Å²) in [5, 5.41) is 27.8. The molecule has 1 aliphatic rings. The van der Waals surface area contributed by atoms with Crippen molar-refractivity contribution in [3.8, 4) is 0 Å². The van der Waals surface area contributed by atoms with Gasteiger partial charge in [-0.25, -0.2) is 8.78 Å². The Kier molecular flexibility index (Phi) is 8.51. The molecule has 0 saturated carbocycles. The van der Waals surface area contributed by atoms with Crippen LogP contribution in [-0.4, -0.2) is 48.4 Å². The average Bonchev–Trinajstić information content (AvgIpc) is 2.75. The van der Waals surface area contributed by atoms with E-state index in [1.807, 2.05) is 46.0 Å². The first-order chi connectivity index (χ1) is 16.3. The molecule has 0 fully saturated rings. The van der Waals surface area contributed by atoms with Gasteiger partial charge in [0.2, 0.25) is 5.91 Å². The molecule has 3 rings (SSSR count). The van der Waals surface area contributed by atoms with E-state index in [4.69, 9.17) is 0 Å². The van der Waals surface area contributed by atoms with Crippen molar-refractivity contribution in [1.82, 2.24) is 10.6 Å². The lowest BCUT2D eigenvalue weighted by Crippen LogP contribution is -2.49. The standard InChI is InChI=1S/C27H37F2N3O3/c1-16(33)31-23(12-17-10-19(28)14-20(29)11-17)25(34)15-30-22-8-9-32(5)24-7-6-18(13-21(22)24)26(35)27(2,3)4/h6-7,10-11,13-14,22-23,25-26,30,34-35H,8-9,12,15H2,1-5H3,(H,31,33)/t22-,23-,25-,26?/m0/s1. The summed E-state index contributed by atoms with van der Waals surface area (Å²) in [6, 6.07) is 8.40. The first-order valence-corrected chi connectivity index (χ1v) is 12.0. The van der Waals surface area contributed by atoms with Gasteiger partial charge in [0.1, 0.15) is 11.6 Å². The van der Waals surface area contributed by atoms with Crippen LogP contribution in [-0.2, 0) is 11.2 Å². The van der Waals surface area contributed by atoms with E-state index in [1.54, 1.807) is 0 Å². The molecule has 0 bridgehead atoms. The minimum absolute atomic E-state index is 0.0624. The predicted octanol–water partition coefficient (Wildman–Crippen LogP) is 3.62. The zero-order valence-corrected chi connectivity index (χ0v) is 21.1. The first kappa shape index (κ1) is 27.0. The Morgan fingerprint density at radius 2 is 1.80 bits per heavy atom. The Bertz CT molecular complexity index is 1020. The zero-order chi connectivity index (χ0) is 25.9. The number of amides is 1. The molecule has 4 N–H and O–H groups in total. The number of carbonyl (C=O) groups excluding carboxylic acids is 1. The van der Waals surface area contributed by atoms with Gasteiger partial charge in [-0.1, -0.05) is 26.8 Å². The number of carbonyl (C=O) groups is 1. The van der Waals surface area contributed by atoms with Crippen molar-refractivity contribution >= 4 is 11.6 Å². The lowest BCUT2D eigenvalue weighted by Gasteiger charge is -2.36. The van der Waals surface area contributed by atoms with Gasteiger partial charge in [-0.3, -0.25) is 4.79 Å². The van der Waals surface area contributed by atoms with Gasteiger partial charge in [0.05, 0.1) is 18.2 Å². The van der Waals surface area contributed by atoms with E-state index in [1.165, 1.54) is 19.1 Å². The van der Waals surface area contributed by atoms with Crippen molar-refractivity contribution in [2.75, 3.05) is 25.0 Å². The van der Waals surface area contributed by atoms with Crippen molar-refractivity contribution < 1.29 is 23.8 Å². The van der Waals surface area contributed by atoms with Crippen LogP contribution < -0.4 is 15.5 Å².